The summed E-state index contributed by atoms with van der Waals surface area (Å²) in [7, 11) is 0. The van der Waals surface area contributed by atoms with Gasteiger partial charge in [-0.2, -0.15) is 0 Å². The minimum Gasteiger partial charge on any atom is -0.463 e. The van der Waals surface area contributed by atoms with E-state index in [4.69, 9.17) is 23.7 Å². The molecule has 16 heteroatoms. The summed E-state index contributed by atoms with van der Waals surface area (Å²) in [5, 5.41) is 5.17. The molecule has 0 bridgehead atoms. The molecule has 1 aromatic rings. The lowest BCUT2D eigenvalue weighted by Crippen LogP contribution is -2.66. The van der Waals surface area contributed by atoms with Crippen LogP contribution in [0.2, 0.25) is 0 Å². The van der Waals surface area contributed by atoms with E-state index in [1.807, 2.05) is 0 Å². The van der Waals surface area contributed by atoms with Gasteiger partial charge in [0.25, 0.3) is 0 Å². The van der Waals surface area contributed by atoms with Crippen molar-refractivity contribution in [2.24, 2.45) is 0 Å². The van der Waals surface area contributed by atoms with Crippen LogP contribution in [0, 0.1) is 0 Å². The zero-order chi connectivity index (χ0) is 31.2. The normalized spacial score (nSPS) is 21.2. The Kier molecular flexibility index (Phi) is 13.5. The fourth-order valence-electron chi connectivity index (χ4n) is 3.92. The third-order valence-electron chi connectivity index (χ3n) is 5.51. The minimum atomic E-state index is -1.22. The summed E-state index contributed by atoms with van der Waals surface area (Å²) >= 11 is 0. The van der Waals surface area contributed by atoms with Gasteiger partial charge in [0, 0.05) is 33.4 Å². The molecule has 1 heterocycles. The van der Waals surface area contributed by atoms with Gasteiger partial charge < -0.3 is 39.1 Å². The molecule has 0 aromatic heterocycles. The highest BCUT2D eigenvalue weighted by molar-refractivity contribution is 5.90. The average molecular weight is 597 g/mol. The first-order valence-corrected chi connectivity index (χ1v) is 13.0. The first-order valence-electron chi connectivity index (χ1n) is 13.0. The van der Waals surface area contributed by atoms with Crippen LogP contribution < -0.4 is 21.5 Å². The topological polar surface area (TPSA) is 206 Å². The van der Waals surface area contributed by atoms with Gasteiger partial charge in [0.05, 0.1) is 13.2 Å². The van der Waals surface area contributed by atoms with Crippen LogP contribution in [-0.4, -0.2) is 86.4 Å². The van der Waals surface area contributed by atoms with Gasteiger partial charge in [-0.3, -0.25) is 19.2 Å². The predicted octanol–water partition coefficient (Wildman–Crippen LogP) is 0.684. The molecule has 5 atom stereocenters. The Morgan fingerprint density at radius 1 is 0.833 bits per heavy atom. The molecule has 232 valence electrons. The summed E-state index contributed by atoms with van der Waals surface area (Å²) in [5.74, 6) is -2.52. The molecule has 16 nitrogen and oxygen atoms in total. The molecule has 1 aromatic carbocycles. The van der Waals surface area contributed by atoms with E-state index in [2.05, 4.69) is 26.2 Å². The molecule has 1 saturated heterocycles. The molecule has 1 aliphatic rings. The van der Waals surface area contributed by atoms with E-state index in [1.165, 1.54) is 13.8 Å². The van der Waals surface area contributed by atoms with Crippen molar-refractivity contribution in [3.63, 3.8) is 0 Å². The van der Waals surface area contributed by atoms with Gasteiger partial charge in [-0.05, 0) is 31.0 Å². The van der Waals surface area contributed by atoms with Crippen LogP contribution in [-0.2, 0) is 54.0 Å². The second kappa shape index (κ2) is 16.7. The van der Waals surface area contributed by atoms with Gasteiger partial charge in [0.1, 0.15) is 18.8 Å². The number of ether oxygens (including phenoxy) is 6. The first-order chi connectivity index (χ1) is 19.9. The van der Waals surface area contributed by atoms with Gasteiger partial charge >= 0.3 is 30.0 Å². The zero-order valence-corrected chi connectivity index (χ0v) is 23.9. The van der Waals surface area contributed by atoms with E-state index in [1.54, 1.807) is 31.2 Å². The number of anilines is 1. The van der Waals surface area contributed by atoms with Crippen molar-refractivity contribution < 1.29 is 57.2 Å². The maximum atomic E-state index is 12.0. The highest BCUT2D eigenvalue weighted by atomic mass is 16.7. The summed E-state index contributed by atoms with van der Waals surface area (Å²) in [6.07, 6.45) is -5.13. The van der Waals surface area contributed by atoms with Crippen molar-refractivity contribution in [1.29, 1.82) is 0 Å². The smallest absolute Gasteiger partial charge is 0.426 e. The third-order valence-corrected chi connectivity index (χ3v) is 5.51. The van der Waals surface area contributed by atoms with Gasteiger partial charge in [-0.15, -0.1) is 0 Å². The van der Waals surface area contributed by atoms with Crippen LogP contribution in [0.1, 0.15) is 40.2 Å². The van der Waals surface area contributed by atoms with E-state index in [9.17, 15) is 28.8 Å². The standard InChI is InChI=1S/C26H36N4O12/c1-6-37-26(36)30-29-25(35)28-19-9-7-18(8-10-19)11-12-38-24-21(27-14(2)31)23(41-17(5)34)22(40-16(4)33)20(42-24)13-39-15(3)32/h7-10,20-24H,6,11-13H2,1-5H3,(H,27,31)(H,30,36)(H2,28,29,35). The number of carbonyl (C=O) groups is 6. The Morgan fingerprint density at radius 3 is 2.05 bits per heavy atom. The number of hydrogen-bond acceptors (Lipinski definition) is 12. The molecule has 4 amide bonds. The fourth-order valence-corrected chi connectivity index (χ4v) is 3.92. The number of hydrogen-bond donors (Lipinski definition) is 4. The molecular weight excluding hydrogens is 560 g/mol. The van der Waals surface area contributed by atoms with Gasteiger partial charge in [-0.1, -0.05) is 12.1 Å². The van der Waals surface area contributed by atoms with Crippen molar-refractivity contribution in [3.8, 4) is 0 Å². The minimum absolute atomic E-state index is 0.0722. The van der Waals surface area contributed by atoms with Crippen molar-refractivity contribution in [1.82, 2.24) is 16.2 Å². The Balaban J connectivity index is 2.09. The molecule has 42 heavy (non-hydrogen) atoms. The van der Waals surface area contributed by atoms with Crippen LogP contribution >= 0.6 is 0 Å². The zero-order valence-electron chi connectivity index (χ0n) is 23.9. The predicted molar refractivity (Wildman–Crippen MR) is 142 cm³/mol. The summed E-state index contributed by atoms with van der Waals surface area (Å²) in [6.45, 7) is 6.25. The summed E-state index contributed by atoms with van der Waals surface area (Å²) in [6, 6.07) is 4.96. The molecule has 0 saturated carbocycles. The Bertz CT molecular complexity index is 1110. The number of rotatable bonds is 11. The van der Waals surface area contributed by atoms with Gasteiger partial charge in [0.15, 0.2) is 18.5 Å². The van der Waals surface area contributed by atoms with E-state index in [0.717, 1.165) is 19.4 Å². The molecule has 0 radical (unpaired) electrons. The van der Waals surface area contributed by atoms with Crippen LogP contribution in [0.15, 0.2) is 24.3 Å². The first kappa shape index (κ1) is 33.8. The van der Waals surface area contributed by atoms with E-state index in [-0.39, 0.29) is 19.8 Å². The fraction of sp³-hybridized carbons (Fsp3) is 0.538. The molecule has 2 rings (SSSR count). The second-order valence-corrected chi connectivity index (χ2v) is 8.96. The van der Waals surface area contributed by atoms with Crippen LogP contribution in [0.4, 0.5) is 15.3 Å². The Hall–Kier alpha value is -4.44. The molecule has 5 unspecified atom stereocenters. The maximum absolute atomic E-state index is 12.0. The van der Waals surface area contributed by atoms with Crippen molar-refractivity contribution in [2.45, 2.75) is 71.7 Å². The largest absolute Gasteiger partial charge is 0.463 e. The third kappa shape index (κ3) is 11.6. The van der Waals surface area contributed by atoms with Gasteiger partial charge in [-0.25, -0.2) is 20.4 Å². The number of esters is 3. The quantitative estimate of drug-likeness (QED) is 0.158. The SMILES string of the molecule is CCOC(=O)NNC(=O)Nc1ccc(CCOC2OC(COC(C)=O)C(OC(C)=O)C(OC(C)=O)C2NC(C)=O)cc1. The lowest BCUT2D eigenvalue weighted by Gasteiger charge is -2.44. The number of urea groups is 1. The van der Waals surface area contributed by atoms with Crippen molar-refractivity contribution >= 4 is 41.6 Å². The lowest BCUT2D eigenvalue weighted by molar-refractivity contribution is -0.277. The Labute approximate surface area is 242 Å². The lowest BCUT2D eigenvalue weighted by atomic mass is 9.96. The Morgan fingerprint density at radius 2 is 1.48 bits per heavy atom. The van der Waals surface area contributed by atoms with Crippen LogP contribution in [0.25, 0.3) is 0 Å². The highest BCUT2D eigenvalue weighted by Crippen LogP contribution is 2.28. The highest BCUT2D eigenvalue weighted by Gasteiger charge is 2.51. The molecule has 1 fully saturated rings. The molecule has 0 spiro atoms. The van der Waals surface area contributed by atoms with E-state index in [0.29, 0.717) is 12.1 Å². The number of nitrogens with one attached hydrogen (secondary N) is 4. The van der Waals surface area contributed by atoms with Crippen LogP contribution in [0.3, 0.4) is 0 Å². The number of benzene rings is 1. The number of hydrazine groups is 1. The molecule has 0 aliphatic carbocycles. The maximum Gasteiger partial charge on any atom is 0.426 e. The molecular formula is C26H36N4O12. The van der Waals surface area contributed by atoms with E-state index < -0.39 is 66.6 Å². The number of amides is 4. The van der Waals surface area contributed by atoms with Crippen molar-refractivity contribution in [2.75, 3.05) is 25.1 Å². The summed E-state index contributed by atoms with van der Waals surface area (Å²) in [4.78, 5) is 70.4. The van der Waals surface area contributed by atoms with Crippen LogP contribution in [0.5, 0.6) is 0 Å². The molecule has 1 aliphatic heterocycles. The van der Waals surface area contributed by atoms with Crippen molar-refractivity contribution in [3.05, 3.63) is 29.8 Å². The summed E-state index contributed by atoms with van der Waals surface area (Å²) in [5.41, 5.74) is 5.47. The monoisotopic (exact) mass is 596 g/mol. The summed E-state index contributed by atoms with van der Waals surface area (Å²) < 4.78 is 32.4. The van der Waals surface area contributed by atoms with E-state index >= 15 is 0 Å². The van der Waals surface area contributed by atoms with Gasteiger partial charge in [0.2, 0.25) is 5.91 Å². The number of carbonyl (C=O) groups excluding carboxylic acids is 6. The second-order valence-electron chi connectivity index (χ2n) is 8.96. The average Bonchev–Trinajstić information content (AvgIpc) is 2.90. The molecule has 4 N–H and O–H groups in total.